The van der Waals surface area contributed by atoms with E-state index in [1.165, 1.54) is 0 Å². The van der Waals surface area contributed by atoms with Crippen molar-refractivity contribution in [3.05, 3.63) is 45.1 Å². The van der Waals surface area contributed by atoms with Crippen LogP contribution in [-0.4, -0.2) is 31.7 Å². The zero-order valence-electron chi connectivity index (χ0n) is 13.4. The molecule has 1 aromatic rings. The van der Waals surface area contributed by atoms with Gasteiger partial charge in [0.15, 0.2) is 0 Å². The van der Waals surface area contributed by atoms with Gasteiger partial charge in [-0.3, -0.25) is 0 Å². The number of carbonyl (C=O) groups excluding carboxylic acids is 2. The summed E-state index contributed by atoms with van der Waals surface area (Å²) in [6.07, 6.45) is 0. The summed E-state index contributed by atoms with van der Waals surface area (Å²) < 4.78 is 5.02. The van der Waals surface area contributed by atoms with E-state index in [1.807, 2.05) is 13.0 Å². The van der Waals surface area contributed by atoms with Gasteiger partial charge >= 0.3 is 12.0 Å². The van der Waals surface area contributed by atoms with Crippen molar-refractivity contribution in [1.29, 1.82) is 0 Å². The van der Waals surface area contributed by atoms with E-state index in [2.05, 4.69) is 16.0 Å². The van der Waals surface area contributed by atoms with Crippen molar-refractivity contribution in [2.75, 3.05) is 19.7 Å². The van der Waals surface area contributed by atoms with E-state index in [-0.39, 0.29) is 25.2 Å². The lowest BCUT2D eigenvalue weighted by atomic mass is 10.1. The second-order valence-corrected chi connectivity index (χ2v) is 6.10. The summed E-state index contributed by atoms with van der Waals surface area (Å²) >= 11 is 12.1. The van der Waals surface area contributed by atoms with Gasteiger partial charge < -0.3 is 20.7 Å². The molecule has 1 heterocycles. The summed E-state index contributed by atoms with van der Waals surface area (Å²) in [4.78, 5) is 23.5. The lowest BCUT2D eigenvalue weighted by Gasteiger charge is -2.23. The van der Waals surface area contributed by atoms with Gasteiger partial charge in [-0.1, -0.05) is 29.3 Å². The Kier molecular flexibility index (Phi) is 6.48. The van der Waals surface area contributed by atoms with Gasteiger partial charge in [-0.15, -0.1) is 0 Å². The Morgan fingerprint density at radius 3 is 2.83 bits per heavy atom. The molecule has 0 radical (unpaired) electrons. The molecule has 1 aliphatic heterocycles. The molecule has 0 fully saturated rings. The predicted octanol–water partition coefficient (Wildman–Crippen LogP) is 2.77. The molecule has 1 aliphatic rings. The number of rotatable bonds is 6. The van der Waals surface area contributed by atoms with Gasteiger partial charge in [0.05, 0.1) is 18.7 Å². The van der Waals surface area contributed by atoms with E-state index in [9.17, 15) is 9.59 Å². The minimum Gasteiger partial charge on any atom is -0.463 e. The van der Waals surface area contributed by atoms with Crippen LogP contribution in [0.2, 0.25) is 10.0 Å². The number of carbonyl (C=O) groups is 2. The number of benzene rings is 1. The summed E-state index contributed by atoms with van der Waals surface area (Å²) in [5, 5.41) is 9.57. The van der Waals surface area contributed by atoms with Gasteiger partial charge in [0.2, 0.25) is 0 Å². The van der Waals surface area contributed by atoms with E-state index in [4.69, 9.17) is 27.9 Å². The van der Waals surface area contributed by atoms with E-state index in [0.29, 0.717) is 27.9 Å². The molecule has 0 aromatic heterocycles. The van der Waals surface area contributed by atoms with Crippen molar-refractivity contribution >= 4 is 35.2 Å². The maximum atomic E-state index is 12.0. The number of hydrogen-bond donors (Lipinski definition) is 3. The molecule has 130 valence electrons. The van der Waals surface area contributed by atoms with Crippen LogP contribution in [0.4, 0.5) is 4.79 Å². The first-order chi connectivity index (χ1) is 11.4. The number of amides is 2. The normalized spacial score (nSPS) is 15.6. The lowest BCUT2D eigenvalue weighted by Crippen LogP contribution is -2.46. The molecule has 0 saturated heterocycles. The maximum Gasteiger partial charge on any atom is 0.337 e. The molecule has 2 rings (SSSR count). The molecule has 2 amide bonds. The van der Waals surface area contributed by atoms with Crippen molar-refractivity contribution in [3.8, 4) is 0 Å². The molecular formula is C16H19Cl2N3O3. The van der Waals surface area contributed by atoms with Crippen molar-refractivity contribution in [2.24, 2.45) is 0 Å². The molecule has 0 unspecified atom stereocenters. The number of urea groups is 1. The zero-order chi connectivity index (χ0) is 17.7. The molecule has 0 saturated carbocycles. The first-order valence-corrected chi connectivity index (χ1v) is 8.30. The average molecular weight is 372 g/mol. The third kappa shape index (κ3) is 4.63. The van der Waals surface area contributed by atoms with Gasteiger partial charge in [-0.05, 0) is 31.5 Å². The van der Waals surface area contributed by atoms with E-state index < -0.39 is 5.97 Å². The SMILES string of the molecule is CCOC(=O)C1=C(CN[C@@H](C)c2ccc(Cl)cc2Cl)NC(=O)NC1. The van der Waals surface area contributed by atoms with Crippen LogP contribution in [-0.2, 0) is 9.53 Å². The quantitative estimate of drug-likeness (QED) is 0.671. The highest BCUT2D eigenvalue weighted by atomic mass is 35.5. The van der Waals surface area contributed by atoms with Crippen LogP contribution >= 0.6 is 23.2 Å². The minimum atomic E-state index is -0.445. The first-order valence-electron chi connectivity index (χ1n) is 7.54. The standard InChI is InChI=1S/C16H19Cl2N3O3/c1-3-24-15(22)12-7-20-16(23)21-14(12)8-19-9(2)11-5-4-10(17)6-13(11)18/h4-6,9,19H,3,7-8H2,1-2H3,(H2,20,21,23)/t9-/m0/s1. The highest BCUT2D eigenvalue weighted by Gasteiger charge is 2.24. The van der Waals surface area contributed by atoms with Gasteiger partial charge in [0, 0.05) is 28.3 Å². The van der Waals surface area contributed by atoms with Crippen LogP contribution < -0.4 is 16.0 Å². The smallest absolute Gasteiger partial charge is 0.337 e. The highest BCUT2D eigenvalue weighted by Crippen LogP contribution is 2.26. The zero-order valence-corrected chi connectivity index (χ0v) is 14.9. The number of nitrogens with one attached hydrogen (secondary N) is 3. The fraction of sp³-hybridized carbons (Fsp3) is 0.375. The van der Waals surface area contributed by atoms with Crippen LogP contribution in [0.5, 0.6) is 0 Å². The average Bonchev–Trinajstić information content (AvgIpc) is 2.52. The monoisotopic (exact) mass is 371 g/mol. The molecule has 6 nitrogen and oxygen atoms in total. The summed E-state index contributed by atoms with van der Waals surface area (Å²) in [6, 6.07) is 4.82. The molecule has 3 N–H and O–H groups in total. The van der Waals surface area contributed by atoms with Crippen LogP contribution in [0.1, 0.15) is 25.5 Å². The van der Waals surface area contributed by atoms with Gasteiger partial charge in [-0.25, -0.2) is 9.59 Å². The van der Waals surface area contributed by atoms with E-state index in [1.54, 1.807) is 19.1 Å². The Hall–Kier alpha value is -1.76. The Morgan fingerprint density at radius 2 is 2.17 bits per heavy atom. The van der Waals surface area contributed by atoms with Crippen LogP contribution in [0, 0.1) is 0 Å². The summed E-state index contributed by atoms with van der Waals surface area (Å²) in [7, 11) is 0. The van der Waals surface area contributed by atoms with Crippen LogP contribution in [0.25, 0.3) is 0 Å². The summed E-state index contributed by atoms with van der Waals surface area (Å²) in [5.74, 6) is -0.445. The predicted molar refractivity (Wildman–Crippen MR) is 93.1 cm³/mol. The van der Waals surface area contributed by atoms with E-state index in [0.717, 1.165) is 5.56 Å². The second kappa shape index (κ2) is 8.37. The number of esters is 1. The Balaban J connectivity index is 2.11. The Bertz CT molecular complexity index is 677. The van der Waals surface area contributed by atoms with Crippen molar-refractivity contribution < 1.29 is 14.3 Å². The summed E-state index contributed by atoms with van der Waals surface area (Å²) in [6.45, 7) is 4.37. The molecule has 0 spiro atoms. The molecule has 1 atom stereocenters. The summed E-state index contributed by atoms with van der Waals surface area (Å²) in [5.41, 5.74) is 1.77. The molecule has 0 bridgehead atoms. The van der Waals surface area contributed by atoms with Crippen LogP contribution in [0.15, 0.2) is 29.5 Å². The Labute approximate surface area is 150 Å². The number of halogens is 2. The maximum absolute atomic E-state index is 12.0. The molecule has 8 heteroatoms. The van der Waals surface area contributed by atoms with Gasteiger partial charge in [0.1, 0.15) is 0 Å². The molecular weight excluding hydrogens is 353 g/mol. The van der Waals surface area contributed by atoms with Crippen molar-refractivity contribution in [1.82, 2.24) is 16.0 Å². The topological polar surface area (TPSA) is 79.5 Å². The second-order valence-electron chi connectivity index (χ2n) is 5.25. The fourth-order valence-electron chi connectivity index (χ4n) is 2.31. The highest BCUT2D eigenvalue weighted by molar-refractivity contribution is 6.35. The third-order valence-electron chi connectivity index (χ3n) is 3.59. The lowest BCUT2D eigenvalue weighted by molar-refractivity contribution is -0.138. The third-order valence-corrected chi connectivity index (χ3v) is 4.15. The van der Waals surface area contributed by atoms with Gasteiger partial charge in [0.25, 0.3) is 0 Å². The fourth-order valence-corrected chi connectivity index (χ4v) is 2.89. The Morgan fingerprint density at radius 1 is 1.42 bits per heavy atom. The van der Waals surface area contributed by atoms with Crippen molar-refractivity contribution in [2.45, 2.75) is 19.9 Å². The number of ether oxygens (including phenoxy) is 1. The minimum absolute atomic E-state index is 0.0995. The van der Waals surface area contributed by atoms with Crippen LogP contribution in [0.3, 0.4) is 0 Å². The molecule has 24 heavy (non-hydrogen) atoms. The van der Waals surface area contributed by atoms with Crippen molar-refractivity contribution in [3.63, 3.8) is 0 Å². The molecule has 1 aromatic carbocycles. The van der Waals surface area contributed by atoms with E-state index >= 15 is 0 Å². The number of hydrogen-bond acceptors (Lipinski definition) is 4. The largest absolute Gasteiger partial charge is 0.463 e. The molecule has 0 aliphatic carbocycles. The van der Waals surface area contributed by atoms with Gasteiger partial charge in [-0.2, -0.15) is 0 Å². The first kappa shape index (κ1) is 18.6.